The molecule has 0 fully saturated rings. The van der Waals surface area contributed by atoms with Gasteiger partial charge in [-0.2, -0.15) is 0 Å². The summed E-state index contributed by atoms with van der Waals surface area (Å²) in [4.78, 5) is 4.79. The number of benzene rings is 7. The fourth-order valence-electron chi connectivity index (χ4n) is 7.84. The number of rotatable bonds is 7. The molecule has 2 nitrogen and oxygen atoms in total. The van der Waals surface area contributed by atoms with E-state index in [0.29, 0.717) is 0 Å². The van der Waals surface area contributed by atoms with Crippen LogP contribution in [0, 0.1) is 0 Å². The van der Waals surface area contributed by atoms with Crippen LogP contribution in [0.1, 0.15) is 51.7 Å². The molecule has 1 aliphatic rings. The Morgan fingerprint density at radius 3 is 1.48 bits per heavy atom. The maximum atomic E-state index is 2.45. The van der Waals surface area contributed by atoms with Gasteiger partial charge in [-0.15, -0.1) is 0 Å². The van der Waals surface area contributed by atoms with Crippen LogP contribution in [0.15, 0.2) is 170 Å². The van der Waals surface area contributed by atoms with Crippen molar-refractivity contribution >= 4 is 44.9 Å². The van der Waals surface area contributed by atoms with Gasteiger partial charge >= 0.3 is 0 Å². The lowest BCUT2D eigenvalue weighted by Crippen LogP contribution is -2.35. The average Bonchev–Trinajstić information content (AvgIpc) is 3.15. The number of nitrogens with zero attached hydrogens (tertiary/aromatic N) is 2. The summed E-state index contributed by atoms with van der Waals surface area (Å²) in [5.41, 5.74) is 12.6. The van der Waals surface area contributed by atoms with E-state index in [1.54, 1.807) is 0 Å². The lowest BCUT2D eigenvalue weighted by molar-refractivity contribution is 0.332. The fraction of sp³-hybridized carbons (Fsp3) is 0.167. The lowest BCUT2D eigenvalue weighted by atomic mass is 9.62. The molecule has 0 saturated heterocycles. The molecule has 0 radical (unpaired) electrons. The molecule has 2 heteroatoms. The molecule has 1 aliphatic carbocycles. The summed E-state index contributed by atoms with van der Waals surface area (Å²) >= 11 is 0. The third-order valence-electron chi connectivity index (χ3n) is 10.7. The predicted octanol–water partition coefficient (Wildman–Crippen LogP) is 13.8. The normalized spacial score (nSPS) is 14.6. The number of hydrogen-bond donors (Lipinski definition) is 0. The maximum absolute atomic E-state index is 2.45. The van der Waals surface area contributed by atoms with Crippen molar-refractivity contribution in [2.75, 3.05) is 9.80 Å². The van der Waals surface area contributed by atoms with Crippen molar-refractivity contribution in [2.45, 2.75) is 51.4 Å². The van der Waals surface area contributed by atoms with Gasteiger partial charge in [-0.3, -0.25) is 0 Å². The topological polar surface area (TPSA) is 6.48 Å². The molecular weight excluding hydrogens is 605 g/mol. The van der Waals surface area contributed by atoms with E-state index in [4.69, 9.17) is 0 Å². The number of anilines is 6. The summed E-state index contributed by atoms with van der Waals surface area (Å²) in [7, 11) is 0. The van der Waals surface area contributed by atoms with Gasteiger partial charge in [0.15, 0.2) is 0 Å². The van der Waals surface area contributed by atoms with E-state index >= 15 is 0 Å². The third-order valence-corrected chi connectivity index (χ3v) is 10.7. The number of para-hydroxylation sites is 2. The second kappa shape index (κ2) is 12.7. The molecule has 246 valence electrons. The Balaban J connectivity index is 1.16. The monoisotopic (exact) mass is 648 g/mol. The minimum Gasteiger partial charge on any atom is -0.310 e. The Morgan fingerprint density at radius 2 is 0.860 bits per heavy atom. The standard InChI is InChI=1S/C48H44N2/c1-47(2)32-33-48(3,4)46-44(47)20-13-21-45(46)50(40-18-9-6-10-19-40)42-29-24-37(25-30-42)36-22-27-41(28-23-36)49(39-16-7-5-8-17-39)43-31-26-35-14-11-12-15-38(35)34-43/h5-31,34H,32-33H2,1-4H3. The molecule has 0 spiro atoms. The van der Waals surface area contributed by atoms with Crippen LogP contribution in [-0.2, 0) is 10.8 Å². The number of fused-ring (bicyclic) bond motifs is 2. The number of hydrogen-bond acceptors (Lipinski definition) is 2. The molecule has 0 bridgehead atoms. The average molecular weight is 649 g/mol. The van der Waals surface area contributed by atoms with Crippen molar-refractivity contribution < 1.29 is 0 Å². The van der Waals surface area contributed by atoms with Crippen LogP contribution in [0.25, 0.3) is 21.9 Å². The van der Waals surface area contributed by atoms with E-state index in [1.165, 1.54) is 57.2 Å². The molecule has 50 heavy (non-hydrogen) atoms. The van der Waals surface area contributed by atoms with Gasteiger partial charge in [-0.05, 0) is 123 Å². The third kappa shape index (κ3) is 5.86. The fourth-order valence-corrected chi connectivity index (χ4v) is 7.84. The van der Waals surface area contributed by atoms with Gasteiger partial charge in [0.1, 0.15) is 0 Å². The molecule has 0 heterocycles. The molecule has 0 atom stereocenters. The lowest BCUT2D eigenvalue weighted by Gasteiger charge is -2.44. The van der Waals surface area contributed by atoms with Crippen molar-refractivity contribution in [3.8, 4) is 11.1 Å². The first-order valence-corrected chi connectivity index (χ1v) is 17.8. The summed E-state index contributed by atoms with van der Waals surface area (Å²) in [6, 6.07) is 61.7. The Labute approximate surface area is 297 Å². The largest absolute Gasteiger partial charge is 0.310 e. The zero-order chi connectivity index (χ0) is 34.3. The Kier molecular flexibility index (Phi) is 8.04. The molecule has 0 saturated carbocycles. The predicted molar refractivity (Wildman–Crippen MR) is 214 cm³/mol. The van der Waals surface area contributed by atoms with Gasteiger partial charge in [0.2, 0.25) is 0 Å². The summed E-state index contributed by atoms with van der Waals surface area (Å²) in [5, 5.41) is 2.48. The van der Waals surface area contributed by atoms with Crippen molar-refractivity contribution in [2.24, 2.45) is 0 Å². The summed E-state index contributed by atoms with van der Waals surface area (Å²) in [6.45, 7) is 9.64. The van der Waals surface area contributed by atoms with Crippen molar-refractivity contribution in [1.82, 2.24) is 0 Å². The molecule has 7 aromatic carbocycles. The zero-order valence-electron chi connectivity index (χ0n) is 29.5. The Hall–Kier alpha value is -5.60. The second-order valence-corrected chi connectivity index (χ2v) is 14.9. The SMILES string of the molecule is CC1(C)CCC(C)(C)c2c(N(c3ccccc3)c3ccc(-c4ccc(N(c5ccccc5)c5ccc6ccccc6c5)cc4)cc3)cccc21. The highest BCUT2D eigenvalue weighted by atomic mass is 15.1. The van der Waals surface area contributed by atoms with Crippen LogP contribution < -0.4 is 9.80 Å². The summed E-state index contributed by atoms with van der Waals surface area (Å²) in [5.74, 6) is 0. The van der Waals surface area contributed by atoms with Crippen LogP contribution >= 0.6 is 0 Å². The second-order valence-electron chi connectivity index (χ2n) is 14.9. The minimum atomic E-state index is 0.0800. The first kappa shape index (κ1) is 31.7. The molecular formula is C48H44N2. The highest BCUT2D eigenvalue weighted by Gasteiger charge is 2.39. The van der Waals surface area contributed by atoms with E-state index in [1.807, 2.05) is 0 Å². The van der Waals surface area contributed by atoms with Crippen LogP contribution in [0.3, 0.4) is 0 Å². The molecule has 7 aromatic rings. The molecule has 0 amide bonds. The van der Waals surface area contributed by atoms with E-state index in [-0.39, 0.29) is 10.8 Å². The molecule has 0 unspecified atom stereocenters. The highest BCUT2D eigenvalue weighted by Crippen LogP contribution is 2.51. The molecule has 0 N–H and O–H groups in total. The van der Waals surface area contributed by atoms with Gasteiger partial charge in [-0.1, -0.05) is 131 Å². The summed E-state index contributed by atoms with van der Waals surface area (Å²) in [6.07, 6.45) is 2.37. The van der Waals surface area contributed by atoms with Crippen LogP contribution in [-0.4, -0.2) is 0 Å². The van der Waals surface area contributed by atoms with Crippen molar-refractivity contribution in [1.29, 1.82) is 0 Å². The smallest absolute Gasteiger partial charge is 0.0502 e. The highest BCUT2D eigenvalue weighted by molar-refractivity contribution is 5.89. The maximum Gasteiger partial charge on any atom is 0.0502 e. The molecule has 8 rings (SSSR count). The van der Waals surface area contributed by atoms with E-state index < -0.39 is 0 Å². The van der Waals surface area contributed by atoms with Crippen molar-refractivity contribution in [3.63, 3.8) is 0 Å². The zero-order valence-corrected chi connectivity index (χ0v) is 29.5. The minimum absolute atomic E-state index is 0.0800. The van der Waals surface area contributed by atoms with Crippen LogP contribution in [0.2, 0.25) is 0 Å². The Morgan fingerprint density at radius 1 is 0.380 bits per heavy atom. The van der Waals surface area contributed by atoms with E-state index in [0.717, 1.165) is 22.7 Å². The van der Waals surface area contributed by atoms with Gasteiger partial charge in [-0.25, -0.2) is 0 Å². The van der Waals surface area contributed by atoms with Gasteiger partial charge < -0.3 is 9.80 Å². The van der Waals surface area contributed by atoms with Crippen LogP contribution in [0.4, 0.5) is 34.1 Å². The Bertz CT molecular complexity index is 2250. The molecule has 0 aliphatic heterocycles. The van der Waals surface area contributed by atoms with Gasteiger partial charge in [0.25, 0.3) is 0 Å². The molecule has 0 aromatic heterocycles. The van der Waals surface area contributed by atoms with E-state index in [2.05, 4.69) is 207 Å². The quantitative estimate of drug-likeness (QED) is 0.170. The van der Waals surface area contributed by atoms with Gasteiger partial charge in [0.05, 0.1) is 5.69 Å². The first-order valence-electron chi connectivity index (χ1n) is 17.8. The van der Waals surface area contributed by atoms with Crippen molar-refractivity contribution in [3.05, 3.63) is 181 Å². The van der Waals surface area contributed by atoms with Crippen LogP contribution in [0.5, 0.6) is 0 Å². The van der Waals surface area contributed by atoms with Gasteiger partial charge in [0, 0.05) is 28.4 Å². The first-order chi connectivity index (χ1) is 24.3. The summed E-state index contributed by atoms with van der Waals surface area (Å²) < 4.78 is 0. The van der Waals surface area contributed by atoms with E-state index in [9.17, 15) is 0 Å².